The Labute approximate surface area is 89.4 Å². The second-order valence-electron chi connectivity index (χ2n) is 4.12. The van der Waals surface area contributed by atoms with Gasteiger partial charge in [0.15, 0.2) is 0 Å². The molecule has 0 aliphatic heterocycles. The lowest BCUT2D eigenvalue weighted by atomic mass is 9.80. The van der Waals surface area contributed by atoms with E-state index < -0.39 is 5.60 Å². The quantitative estimate of drug-likeness (QED) is 0.786. The maximum absolute atomic E-state index is 9.87. The molecule has 1 fully saturated rings. The van der Waals surface area contributed by atoms with Crippen LogP contribution in [-0.4, -0.2) is 17.3 Å². The van der Waals surface area contributed by atoms with Gasteiger partial charge in [0.1, 0.15) is 0 Å². The molecule has 3 nitrogen and oxygen atoms in total. The maximum Gasteiger partial charge on any atom is 0.0992 e. The molecule has 0 atom stereocenters. The predicted molar refractivity (Wildman–Crippen MR) is 58.4 cm³/mol. The summed E-state index contributed by atoms with van der Waals surface area (Å²) in [6, 6.07) is 9.40. The Hall–Kier alpha value is -1.53. The van der Waals surface area contributed by atoms with Gasteiger partial charge in [-0.15, -0.1) is 0 Å². The first-order chi connectivity index (χ1) is 7.22. The molecule has 0 amide bonds. The Morgan fingerprint density at radius 1 is 1.47 bits per heavy atom. The molecule has 78 valence electrons. The van der Waals surface area contributed by atoms with Gasteiger partial charge in [0.2, 0.25) is 0 Å². The number of nitriles is 1. The maximum atomic E-state index is 9.87. The highest BCUT2D eigenvalue weighted by molar-refractivity contribution is 5.49. The largest absolute Gasteiger partial charge is 0.388 e. The van der Waals surface area contributed by atoms with Crippen LogP contribution in [-0.2, 0) is 0 Å². The van der Waals surface area contributed by atoms with E-state index in [2.05, 4.69) is 11.4 Å². The van der Waals surface area contributed by atoms with E-state index >= 15 is 0 Å². The SMILES string of the molecule is N#Cc1cccc(NCC2(O)CCC2)c1. The minimum absolute atomic E-state index is 0.525. The molecular formula is C12H14N2O. The first kappa shape index (κ1) is 10.0. The van der Waals surface area contributed by atoms with Crippen LogP contribution >= 0.6 is 0 Å². The second kappa shape index (κ2) is 3.92. The molecular weight excluding hydrogens is 188 g/mol. The van der Waals surface area contributed by atoms with Crippen molar-refractivity contribution in [3.8, 4) is 6.07 Å². The van der Waals surface area contributed by atoms with Crippen molar-refractivity contribution < 1.29 is 5.11 Å². The molecule has 2 rings (SSSR count). The number of rotatable bonds is 3. The van der Waals surface area contributed by atoms with Gasteiger partial charge >= 0.3 is 0 Å². The smallest absolute Gasteiger partial charge is 0.0992 e. The Balaban J connectivity index is 1.96. The third-order valence-electron chi connectivity index (χ3n) is 2.90. The molecule has 0 saturated heterocycles. The van der Waals surface area contributed by atoms with E-state index in [-0.39, 0.29) is 0 Å². The zero-order valence-corrected chi connectivity index (χ0v) is 8.53. The predicted octanol–water partition coefficient (Wildman–Crippen LogP) is 1.89. The van der Waals surface area contributed by atoms with Crippen molar-refractivity contribution in [1.29, 1.82) is 5.26 Å². The van der Waals surface area contributed by atoms with E-state index in [0.717, 1.165) is 24.9 Å². The number of benzene rings is 1. The minimum Gasteiger partial charge on any atom is -0.388 e. The number of hydrogen-bond acceptors (Lipinski definition) is 3. The average molecular weight is 202 g/mol. The molecule has 1 aromatic rings. The number of nitrogens with one attached hydrogen (secondary N) is 1. The molecule has 0 radical (unpaired) electrons. The van der Waals surface area contributed by atoms with Gasteiger partial charge in [-0.3, -0.25) is 0 Å². The van der Waals surface area contributed by atoms with E-state index in [0.29, 0.717) is 12.1 Å². The summed E-state index contributed by atoms with van der Waals surface area (Å²) in [6.45, 7) is 0.571. The zero-order chi connectivity index (χ0) is 10.7. The molecule has 0 aromatic heterocycles. The van der Waals surface area contributed by atoms with Crippen molar-refractivity contribution in [3.63, 3.8) is 0 Å². The molecule has 1 aliphatic rings. The van der Waals surface area contributed by atoms with E-state index in [1.54, 1.807) is 12.1 Å². The zero-order valence-electron chi connectivity index (χ0n) is 8.53. The molecule has 0 unspecified atom stereocenters. The molecule has 3 heteroatoms. The third-order valence-corrected chi connectivity index (χ3v) is 2.90. The molecule has 15 heavy (non-hydrogen) atoms. The van der Waals surface area contributed by atoms with Crippen molar-refractivity contribution >= 4 is 5.69 Å². The molecule has 2 N–H and O–H groups in total. The fourth-order valence-corrected chi connectivity index (χ4v) is 1.73. The van der Waals surface area contributed by atoms with Gasteiger partial charge in [-0.1, -0.05) is 6.07 Å². The monoisotopic (exact) mass is 202 g/mol. The average Bonchev–Trinajstić information content (AvgIpc) is 2.24. The fraction of sp³-hybridized carbons (Fsp3) is 0.417. The number of anilines is 1. The van der Waals surface area contributed by atoms with Crippen molar-refractivity contribution in [3.05, 3.63) is 29.8 Å². The van der Waals surface area contributed by atoms with Gasteiger partial charge in [-0.2, -0.15) is 5.26 Å². The van der Waals surface area contributed by atoms with E-state index in [4.69, 9.17) is 5.26 Å². The summed E-state index contributed by atoms with van der Waals surface area (Å²) in [7, 11) is 0. The van der Waals surface area contributed by atoms with Crippen LogP contribution in [0.25, 0.3) is 0 Å². The minimum atomic E-state index is -0.525. The summed E-state index contributed by atoms with van der Waals surface area (Å²) in [4.78, 5) is 0. The molecule has 0 heterocycles. The third kappa shape index (κ3) is 2.28. The van der Waals surface area contributed by atoms with Gasteiger partial charge in [0.05, 0.1) is 17.2 Å². The van der Waals surface area contributed by atoms with Gasteiger partial charge in [-0.25, -0.2) is 0 Å². The van der Waals surface area contributed by atoms with Crippen LogP contribution in [0.3, 0.4) is 0 Å². The lowest BCUT2D eigenvalue weighted by Crippen LogP contribution is -2.43. The molecule has 1 saturated carbocycles. The topological polar surface area (TPSA) is 56.0 Å². The van der Waals surface area contributed by atoms with Crippen LogP contribution in [0.2, 0.25) is 0 Å². The normalized spacial score (nSPS) is 17.6. The van der Waals surface area contributed by atoms with Crippen molar-refractivity contribution in [2.45, 2.75) is 24.9 Å². The molecule has 1 aliphatic carbocycles. The van der Waals surface area contributed by atoms with E-state index in [1.807, 2.05) is 12.1 Å². The number of hydrogen-bond donors (Lipinski definition) is 2. The van der Waals surface area contributed by atoms with Crippen molar-refractivity contribution in [2.75, 3.05) is 11.9 Å². The Kier molecular flexibility index (Phi) is 2.61. The lowest BCUT2D eigenvalue weighted by Gasteiger charge is -2.36. The van der Waals surface area contributed by atoms with Gasteiger partial charge in [-0.05, 0) is 37.5 Å². The summed E-state index contributed by atoms with van der Waals surface area (Å²) in [6.07, 6.45) is 2.85. The summed E-state index contributed by atoms with van der Waals surface area (Å²) in [5.74, 6) is 0. The van der Waals surface area contributed by atoms with Crippen LogP contribution in [0.1, 0.15) is 24.8 Å². The van der Waals surface area contributed by atoms with E-state index in [9.17, 15) is 5.11 Å². The number of nitrogens with zero attached hydrogens (tertiary/aromatic N) is 1. The van der Waals surface area contributed by atoms with Crippen molar-refractivity contribution in [2.24, 2.45) is 0 Å². The summed E-state index contributed by atoms with van der Waals surface area (Å²) < 4.78 is 0. The van der Waals surface area contributed by atoms with Gasteiger partial charge < -0.3 is 10.4 Å². The van der Waals surface area contributed by atoms with Crippen LogP contribution in [0.15, 0.2) is 24.3 Å². The molecule has 0 bridgehead atoms. The van der Waals surface area contributed by atoms with Gasteiger partial charge in [0.25, 0.3) is 0 Å². The second-order valence-corrected chi connectivity index (χ2v) is 4.12. The Morgan fingerprint density at radius 2 is 2.27 bits per heavy atom. The highest BCUT2D eigenvalue weighted by Gasteiger charge is 2.33. The van der Waals surface area contributed by atoms with Crippen LogP contribution in [0.4, 0.5) is 5.69 Å². The highest BCUT2D eigenvalue weighted by atomic mass is 16.3. The summed E-state index contributed by atoms with van der Waals surface area (Å²) >= 11 is 0. The van der Waals surface area contributed by atoms with Crippen LogP contribution in [0, 0.1) is 11.3 Å². The summed E-state index contributed by atoms with van der Waals surface area (Å²) in [5, 5.41) is 21.8. The first-order valence-corrected chi connectivity index (χ1v) is 5.18. The summed E-state index contributed by atoms with van der Waals surface area (Å²) in [5.41, 5.74) is 1.01. The van der Waals surface area contributed by atoms with Crippen molar-refractivity contribution in [1.82, 2.24) is 0 Å². The van der Waals surface area contributed by atoms with Gasteiger partial charge in [0, 0.05) is 12.2 Å². The number of aliphatic hydroxyl groups is 1. The highest BCUT2D eigenvalue weighted by Crippen LogP contribution is 2.31. The standard InChI is InChI=1S/C12H14N2O/c13-8-10-3-1-4-11(7-10)14-9-12(15)5-2-6-12/h1,3-4,7,14-15H,2,5-6,9H2. The lowest BCUT2D eigenvalue weighted by molar-refractivity contribution is -0.0201. The van der Waals surface area contributed by atoms with Crippen LogP contribution in [0.5, 0.6) is 0 Å². The van der Waals surface area contributed by atoms with Crippen LogP contribution < -0.4 is 5.32 Å². The Morgan fingerprint density at radius 3 is 2.87 bits per heavy atom. The first-order valence-electron chi connectivity index (χ1n) is 5.18. The Bertz CT molecular complexity index is 391. The van der Waals surface area contributed by atoms with E-state index in [1.165, 1.54) is 0 Å². The molecule has 0 spiro atoms. The molecule has 1 aromatic carbocycles. The fourth-order valence-electron chi connectivity index (χ4n) is 1.73.